The normalized spacial score (nSPS) is 11.4. The number of rotatable bonds is 4. The first-order chi connectivity index (χ1) is 17.6. The third-order valence-corrected chi connectivity index (χ3v) is 5.93. The average Bonchev–Trinajstić information content (AvgIpc) is 3.32. The second-order valence-electron chi connectivity index (χ2n) is 7.42. The number of nitrogen functional groups attached to an aromatic ring is 2. The van der Waals surface area contributed by atoms with Gasteiger partial charge in [0.15, 0.2) is 0 Å². The highest BCUT2D eigenvalue weighted by Gasteiger charge is 2.36. The molecular weight excluding hydrogens is 637 g/mol. The van der Waals surface area contributed by atoms with Crippen molar-refractivity contribution in [3.05, 3.63) is 62.4 Å². The first kappa shape index (κ1) is 30.7. The summed E-state index contributed by atoms with van der Waals surface area (Å²) in [6.45, 7) is 2.14. The van der Waals surface area contributed by atoms with E-state index in [-0.39, 0.29) is 37.3 Å². The number of ether oxygens (including phenoxy) is 2. The average molecular weight is 658 g/mol. The number of anilines is 2. The van der Waals surface area contributed by atoms with Crippen LogP contribution in [0.5, 0.6) is 0 Å². The largest absolute Gasteiger partial charge is 0.465 e. The van der Waals surface area contributed by atoms with Crippen molar-refractivity contribution in [3.63, 3.8) is 0 Å². The topological polar surface area (TPSA) is 122 Å². The minimum Gasteiger partial charge on any atom is -0.465 e. The lowest BCUT2D eigenvalue weighted by atomic mass is 9.99. The number of nitrogens with two attached hydrogens (primary N) is 2. The number of aromatic nitrogens is 2. The predicted molar refractivity (Wildman–Crippen MR) is 134 cm³/mol. The molecule has 38 heavy (non-hydrogen) atoms. The fourth-order valence-electron chi connectivity index (χ4n) is 3.26. The maximum absolute atomic E-state index is 13.3. The van der Waals surface area contributed by atoms with Gasteiger partial charge < -0.3 is 20.9 Å². The third kappa shape index (κ3) is 6.87. The number of aryl methyl sites for hydroxylation is 1. The molecule has 0 aliphatic rings. The first-order valence-corrected chi connectivity index (χ1v) is 11.5. The fourth-order valence-corrected chi connectivity index (χ4v) is 4.03. The van der Waals surface area contributed by atoms with Gasteiger partial charge in [0.1, 0.15) is 0 Å². The summed E-state index contributed by atoms with van der Waals surface area (Å²) in [6.07, 6.45) is -7.70. The fraction of sp³-hybridized carbons (Fsp3) is 0.261. The summed E-state index contributed by atoms with van der Waals surface area (Å²) in [5.74, 6) is -1.56. The van der Waals surface area contributed by atoms with Gasteiger partial charge in [0.05, 0.1) is 42.2 Å². The summed E-state index contributed by atoms with van der Waals surface area (Å²) in [6, 6.07) is 5.08. The van der Waals surface area contributed by atoms with E-state index in [9.17, 15) is 35.9 Å². The van der Waals surface area contributed by atoms with E-state index in [1.807, 2.05) is 0 Å². The van der Waals surface area contributed by atoms with Gasteiger partial charge in [0, 0.05) is 33.3 Å². The zero-order chi connectivity index (χ0) is 29.0. The number of carbonyl (C=O) groups excluding carboxylic acids is 2. The molecule has 15 heteroatoms. The van der Waals surface area contributed by atoms with Gasteiger partial charge in [0.25, 0.3) is 0 Å². The molecule has 0 radical (unpaired) electrons. The molecule has 3 aromatic rings. The molecule has 0 saturated carbocycles. The Balaban J connectivity index is 0.000000281. The lowest BCUT2D eigenvalue weighted by Gasteiger charge is -2.16. The number of hydrogen-bond donors (Lipinski definition) is 2. The lowest BCUT2D eigenvalue weighted by molar-refractivity contribution is -0.138. The quantitative estimate of drug-likeness (QED) is 0.161. The second-order valence-corrected chi connectivity index (χ2v) is 8.58. The number of nitrogens with zero attached hydrogens (tertiary/aromatic N) is 2. The van der Waals surface area contributed by atoms with E-state index in [0.29, 0.717) is 6.54 Å². The molecule has 1 aromatic heterocycles. The number of esters is 2. The highest BCUT2D eigenvalue weighted by Crippen LogP contribution is 2.40. The van der Waals surface area contributed by atoms with Crippen molar-refractivity contribution < 1.29 is 45.4 Å². The van der Waals surface area contributed by atoms with Crippen LogP contribution in [-0.2, 0) is 28.4 Å². The minimum atomic E-state index is -4.61. The first-order valence-electron chi connectivity index (χ1n) is 10.4. The highest BCUT2D eigenvalue weighted by atomic mass is 127. The summed E-state index contributed by atoms with van der Waals surface area (Å²) < 4.78 is 87.5. The Bertz CT molecular complexity index is 1340. The molecule has 4 N–H and O–H groups in total. The Kier molecular flexibility index (Phi) is 9.63. The van der Waals surface area contributed by atoms with Crippen LogP contribution in [0.3, 0.4) is 0 Å². The molecule has 0 amide bonds. The molecule has 8 nitrogen and oxygen atoms in total. The molecule has 0 aliphatic carbocycles. The Morgan fingerprint density at radius 1 is 0.895 bits per heavy atom. The molecule has 0 bridgehead atoms. The van der Waals surface area contributed by atoms with E-state index in [2.05, 4.69) is 14.6 Å². The molecule has 206 valence electrons. The van der Waals surface area contributed by atoms with E-state index in [1.54, 1.807) is 6.92 Å². The van der Waals surface area contributed by atoms with Crippen molar-refractivity contribution in [2.75, 3.05) is 25.7 Å². The molecule has 2 aromatic carbocycles. The standard InChI is InChI=1S/C14H14F3N3O2.C9H7F3INO2/c1-3-20-12(4-5-19-20)8-6-9(13(21)22-2)11(18)7-10(8)14(15,16)17;1-16-8(15)4-2-6(13)5(3-7(4)14)9(10,11)12/h4-7H,3,18H2,1-2H3;2-3H,14H2,1H3. The molecule has 0 fully saturated rings. The third-order valence-electron chi connectivity index (χ3n) is 5.04. The SMILES string of the molecule is CCn1nccc1-c1cc(C(=O)OC)c(N)cc1C(F)(F)F.COC(=O)c1cc(I)c(C(F)(F)F)cc1N. The lowest BCUT2D eigenvalue weighted by Crippen LogP contribution is -2.13. The van der Waals surface area contributed by atoms with E-state index in [4.69, 9.17) is 11.5 Å². The number of alkyl halides is 6. The zero-order valence-electron chi connectivity index (χ0n) is 20.0. The monoisotopic (exact) mass is 658 g/mol. The van der Waals surface area contributed by atoms with Crippen molar-refractivity contribution >= 4 is 45.9 Å². The number of halogens is 7. The predicted octanol–water partition coefficient (Wildman–Crippen LogP) is 5.64. The molecule has 0 saturated heterocycles. The highest BCUT2D eigenvalue weighted by molar-refractivity contribution is 14.1. The number of carbonyl (C=O) groups is 2. The molecule has 3 rings (SSSR count). The molecule has 1 heterocycles. The number of benzene rings is 2. The van der Waals surface area contributed by atoms with Crippen molar-refractivity contribution in [1.82, 2.24) is 9.78 Å². The smallest absolute Gasteiger partial charge is 0.417 e. The van der Waals surface area contributed by atoms with Crippen LogP contribution >= 0.6 is 22.6 Å². The van der Waals surface area contributed by atoms with Gasteiger partial charge in [-0.3, -0.25) is 4.68 Å². The maximum atomic E-state index is 13.3. The van der Waals surface area contributed by atoms with E-state index in [0.717, 1.165) is 38.5 Å². The molecule has 0 atom stereocenters. The van der Waals surface area contributed by atoms with E-state index in [1.165, 1.54) is 39.5 Å². The summed E-state index contributed by atoms with van der Waals surface area (Å²) in [7, 11) is 2.27. The van der Waals surface area contributed by atoms with Crippen LogP contribution in [0.4, 0.5) is 37.7 Å². The van der Waals surface area contributed by atoms with Gasteiger partial charge in [-0.05, 0) is 59.8 Å². The van der Waals surface area contributed by atoms with Gasteiger partial charge in [0.2, 0.25) is 0 Å². The van der Waals surface area contributed by atoms with Gasteiger partial charge in [-0.15, -0.1) is 0 Å². The van der Waals surface area contributed by atoms with Crippen molar-refractivity contribution in [2.24, 2.45) is 0 Å². The summed E-state index contributed by atoms with van der Waals surface area (Å²) in [5, 5.41) is 3.95. The van der Waals surface area contributed by atoms with Crippen LogP contribution in [0.25, 0.3) is 11.3 Å². The number of methoxy groups -OCH3 is 2. The van der Waals surface area contributed by atoms with E-state index >= 15 is 0 Å². The Morgan fingerprint density at radius 3 is 1.82 bits per heavy atom. The number of hydrogen-bond acceptors (Lipinski definition) is 7. The van der Waals surface area contributed by atoms with Crippen LogP contribution in [-0.4, -0.2) is 35.9 Å². The molecule has 0 unspecified atom stereocenters. The van der Waals surface area contributed by atoms with Gasteiger partial charge >= 0.3 is 24.3 Å². The van der Waals surface area contributed by atoms with Crippen molar-refractivity contribution in [2.45, 2.75) is 25.8 Å². The van der Waals surface area contributed by atoms with Crippen LogP contribution in [0.15, 0.2) is 36.5 Å². The zero-order valence-corrected chi connectivity index (χ0v) is 22.2. The summed E-state index contributed by atoms with van der Waals surface area (Å²) in [5.41, 5.74) is 8.50. The maximum Gasteiger partial charge on any atom is 0.417 e. The van der Waals surface area contributed by atoms with Gasteiger partial charge in [-0.2, -0.15) is 31.4 Å². The summed E-state index contributed by atoms with van der Waals surface area (Å²) in [4.78, 5) is 22.8. The summed E-state index contributed by atoms with van der Waals surface area (Å²) >= 11 is 1.49. The van der Waals surface area contributed by atoms with Crippen LogP contribution in [0.2, 0.25) is 0 Å². The Labute approximate surface area is 226 Å². The van der Waals surface area contributed by atoms with Crippen molar-refractivity contribution in [1.29, 1.82) is 0 Å². The Hall–Kier alpha value is -3.50. The van der Waals surface area contributed by atoms with Crippen LogP contribution in [0.1, 0.15) is 38.8 Å². The second kappa shape index (κ2) is 11.9. The molecule has 0 aliphatic heterocycles. The van der Waals surface area contributed by atoms with Crippen LogP contribution < -0.4 is 11.5 Å². The molecule has 0 spiro atoms. The van der Waals surface area contributed by atoms with Gasteiger partial charge in [-0.25, -0.2) is 9.59 Å². The minimum absolute atomic E-state index is 0.0695. The molecular formula is C23H21F6IN4O4. The Morgan fingerprint density at radius 2 is 1.37 bits per heavy atom. The van der Waals surface area contributed by atoms with Gasteiger partial charge in [-0.1, -0.05) is 0 Å². The van der Waals surface area contributed by atoms with Crippen LogP contribution in [0, 0.1) is 3.57 Å². The van der Waals surface area contributed by atoms with E-state index < -0.39 is 35.4 Å². The van der Waals surface area contributed by atoms with Crippen molar-refractivity contribution in [3.8, 4) is 11.3 Å².